The topological polar surface area (TPSA) is 83.7 Å². The van der Waals surface area contributed by atoms with Gasteiger partial charge in [0, 0.05) is 11.6 Å². The first-order chi connectivity index (χ1) is 8.83. The average Bonchev–Trinajstić information content (AvgIpc) is 2.52. The van der Waals surface area contributed by atoms with Crippen molar-refractivity contribution in [2.24, 2.45) is 0 Å². The monoisotopic (exact) mass is 282 g/mol. The predicted molar refractivity (Wildman–Crippen MR) is 71.7 cm³/mol. The van der Waals surface area contributed by atoms with Crippen LogP contribution in [-0.4, -0.2) is 31.1 Å². The zero-order valence-corrected chi connectivity index (χ0v) is 11.4. The minimum atomic E-state index is -0.954. The van der Waals surface area contributed by atoms with Gasteiger partial charge in [-0.2, -0.15) is 0 Å². The number of nitrogens with zero attached hydrogens (tertiary/aromatic N) is 2. The molecule has 6 nitrogen and oxygen atoms in total. The maximum Gasteiger partial charge on any atom is 0.284 e. The number of aliphatic hydroxyl groups excluding tert-OH is 1. The lowest BCUT2D eigenvalue weighted by atomic mass is 10.1. The van der Waals surface area contributed by atoms with E-state index in [-0.39, 0.29) is 17.5 Å². The largest absolute Gasteiger partial charge is 0.372 e. The Hall–Kier alpha value is -1.60. The van der Waals surface area contributed by atoms with Crippen LogP contribution in [0.1, 0.15) is 19.4 Å². The Kier molecular flexibility index (Phi) is 3.51. The molecule has 1 unspecified atom stereocenters. The summed E-state index contributed by atoms with van der Waals surface area (Å²) in [7, 11) is 0. The van der Waals surface area contributed by atoms with Crippen LogP contribution in [0, 0.1) is 10.1 Å². The number of nitro groups is 1. The summed E-state index contributed by atoms with van der Waals surface area (Å²) < 4.78 is -0.610. The summed E-state index contributed by atoms with van der Waals surface area (Å²) in [5.41, 5.74) is 0.371. The number of rotatable bonds is 3. The number of carbonyl (C=O) groups excluding carboxylic acids is 1. The minimum Gasteiger partial charge on any atom is -0.372 e. The Labute approximate surface area is 114 Å². The molecule has 0 bridgehead atoms. The van der Waals surface area contributed by atoms with Crippen LogP contribution in [-0.2, 0) is 6.54 Å². The molecule has 19 heavy (non-hydrogen) atoms. The van der Waals surface area contributed by atoms with Crippen LogP contribution >= 0.6 is 11.8 Å². The van der Waals surface area contributed by atoms with Gasteiger partial charge in [0.25, 0.3) is 10.9 Å². The number of aliphatic hydroxyl groups is 1. The Morgan fingerprint density at radius 1 is 1.47 bits per heavy atom. The molecule has 1 fully saturated rings. The van der Waals surface area contributed by atoms with E-state index in [2.05, 4.69) is 0 Å². The van der Waals surface area contributed by atoms with Gasteiger partial charge >= 0.3 is 0 Å². The number of hydrogen-bond acceptors (Lipinski definition) is 5. The lowest BCUT2D eigenvalue weighted by Crippen LogP contribution is -2.40. The van der Waals surface area contributed by atoms with Gasteiger partial charge in [0.15, 0.2) is 0 Å². The van der Waals surface area contributed by atoms with Crippen LogP contribution in [0.5, 0.6) is 0 Å². The summed E-state index contributed by atoms with van der Waals surface area (Å²) in [5.74, 6) is 0. The molecule has 102 valence electrons. The van der Waals surface area contributed by atoms with Crippen LogP contribution in [0.15, 0.2) is 24.3 Å². The fraction of sp³-hybridized carbons (Fsp3) is 0.417. The molecule has 1 N–H and O–H groups in total. The van der Waals surface area contributed by atoms with Gasteiger partial charge in [-0.25, -0.2) is 0 Å². The molecule has 7 heteroatoms. The van der Waals surface area contributed by atoms with Gasteiger partial charge in [-0.3, -0.25) is 14.9 Å². The molecule has 1 saturated heterocycles. The third-order valence-corrected chi connectivity index (χ3v) is 4.18. The zero-order valence-electron chi connectivity index (χ0n) is 10.6. The van der Waals surface area contributed by atoms with E-state index in [1.165, 1.54) is 11.0 Å². The van der Waals surface area contributed by atoms with E-state index in [9.17, 15) is 20.0 Å². The number of para-hydroxylation sites is 1. The Balaban J connectivity index is 2.27. The summed E-state index contributed by atoms with van der Waals surface area (Å²) in [6, 6.07) is 6.23. The molecule has 2 rings (SSSR count). The van der Waals surface area contributed by atoms with Gasteiger partial charge in [0.2, 0.25) is 0 Å². The van der Waals surface area contributed by atoms with E-state index in [1.807, 2.05) is 0 Å². The molecular formula is C12H14N2O4S. The molecule has 1 aliphatic heterocycles. The van der Waals surface area contributed by atoms with E-state index in [4.69, 9.17) is 0 Å². The van der Waals surface area contributed by atoms with Gasteiger partial charge < -0.3 is 10.0 Å². The Morgan fingerprint density at radius 2 is 2.11 bits per heavy atom. The molecule has 1 aromatic rings. The fourth-order valence-corrected chi connectivity index (χ4v) is 2.93. The second kappa shape index (κ2) is 4.82. The van der Waals surface area contributed by atoms with E-state index in [1.54, 1.807) is 32.0 Å². The van der Waals surface area contributed by atoms with E-state index in [0.29, 0.717) is 5.56 Å². The molecule has 1 heterocycles. The first kappa shape index (κ1) is 13.8. The number of nitro benzene ring substituents is 1. The molecule has 0 aromatic heterocycles. The van der Waals surface area contributed by atoms with Crippen molar-refractivity contribution in [3.05, 3.63) is 39.9 Å². The molecule has 1 aromatic carbocycles. The highest BCUT2D eigenvalue weighted by Crippen LogP contribution is 2.40. The number of thioether (sulfide) groups is 1. The smallest absolute Gasteiger partial charge is 0.284 e. The highest BCUT2D eigenvalue weighted by Gasteiger charge is 2.46. The SMILES string of the molecule is CC1(C)SC(=O)N(Cc2ccccc2[N+](=O)[O-])C1O. The third kappa shape index (κ3) is 2.57. The molecule has 1 amide bonds. The zero-order chi connectivity index (χ0) is 14.2. The van der Waals surface area contributed by atoms with E-state index >= 15 is 0 Å². The summed E-state index contributed by atoms with van der Waals surface area (Å²) in [6.07, 6.45) is -0.954. The number of benzene rings is 1. The highest BCUT2D eigenvalue weighted by atomic mass is 32.2. The first-order valence-electron chi connectivity index (χ1n) is 5.73. The number of hydrogen-bond donors (Lipinski definition) is 1. The molecular weight excluding hydrogens is 268 g/mol. The van der Waals surface area contributed by atoms with Crippen molar-refractivity contribution in [2.75, 3.05) is 0 Å². The van der Waals surface area contributed by atoms with Gasteiger partial charge in [-0.1, -0.05) is 30.0 Å². The van der Waals surface area contributed by atoms with Gasteiger partial charge in [-0.05, 0) is 13.8 Å². The van der Waals surface area contributed by atoms with Crippen molar-refractivity contribution in [1.82, 2.24) is 4.90 Å². The lowest BCUT2D eigenvalue weighted by Gasteiger charge is -2.25. The quantitative estimate of drug-likeness (QED) is 0.679. The van der Waals surface area contributed by atoms with Crippen molar-refractivity contribution in [3.8, 4) is 0 Å². The summed E-state index contributed by atoms with van der Waals surface area (Å²) in [4.78, 5) is 23.5. The second-order valence-corrected chi connectivity index (χ2v) is 6.46. The second-order valence-electron chi connectivity index (χ2n) is 4.86. The van der Waals surface area contributed by atoms with Crippen molar-refractivity contribution in [1.29, 1.82) is 0 Å². The van der Waals surface area contributed by atoms with E-state index < -0.39 is 15.9 Å². The van der Waals surface area contributed by atoms with Crippen LogP contribution in [0.3, 0.4) is 0 Å². The van der Waals surface area contributed by atoms with Crippen LogP contribution in [0.4, 0.5) is 10.5 Å². The molecule has 0 spiro atoms. The summed E-state index contributed by atoms with van der Waals surface area (Å²) in [5, 5.41) is 20.7. The van der Waals surface area contributed by atoms with Crippen molar-refractivity contribution >= 4 is 22.7 Å². The predicted octanol–water partition coefficient (Wildman–Crippen LogP) is 2.36. The third-order valence-electron chi connectivity index (χ3n) is 3.03. The van der Waals surface area contributed by atoms with Gasteiger partial charge in [-0.15, -0.1) is 0 Å². The standard InChI is InChI=1S/C12H14N2O4S/c1-12(2)10(15)13(11(16)19-12)7-8-5-3-4-6-9(8)14(17)18/h3-6,10,15H,7H2,1-2H3. The Morgan fingerprint density at radius 3 is 2.63 bits per heavy atom. The molecule has 1 aliphatic rings. The number of amides is 1. The van der Waals surface area contributed by atoms with Crippen molar-refractivity contribution < 1.29 is 14.8 Å². The summed E-state index contributed by atoms with van der Waals surface area (Å²) in [6.45, 7) is 3.56. The van der Waals surface area contributed by atoms with Crippen LogP contribution in [0.2, 0.25) is 0 Å². The van der Waals surface area contributed by atoms with Gasteiger partial charge in [0.05, 0.1) is 16.2 Å². The minimum absolute atomic E-state index is 0.0353. The first-order valence-corrected chi connectivity index (χ1v) is 6.54. The normalized spacial score (nSPS) is 21.7. The average molecular weight is 282 g/mol. The molecule has 0 aliphatic carbocycles. The van der Waals surface area contributed by atoms with Crippen LogP contribution < -0.4 is 0 Å². The van der Waals surface area contributed by atoms with Crippen molar-refractivity contribution in [2.45, 2.75) is 31.4 Å². The van der Waals surface area contributed by atoms with Gasteiger partial charge in [0.1, 0.15) is 6.23 Å². The fourth-order valence-electron chi connectivity index (χ4n) is 1.97. The maximum atomic E-state index is 11.8. The maximum absolute atomic E-state index is 11.8. The van der Waals surface area contributed by atoms with Crippen LogP contribution in [0.25, 0.3) is 0 Å². The lowest BCUT2D eigenvalue weighted by molar-refractivity contribution is -0.385. The molecule has 0 radical (unpaired) electrons. The molecule has 1 atom stereocenters. The number of carbonyl (C=O) groups is 1. The Bertz CT molecular complexity index is 532. The molecule has 0 saturated carbocycles. The summed E-state index contributed by atoms with van der Waals surface area (Å²) >= 11 is 1.04. The van der Waals surface area contributed by atoms with E-state index in [0.717, 1.165) is 11.8 Å². The highest BCUT2D eigenvalue weighted by molar-refractivity contribution is 8.15. The van der Waals surface area contributed by atoms with Crippen molar-refractivity contribution in [3.63, 3.8) is 0 Å².